The minimum absolute atomic E-state index is 0.579. The van der Waals surface area contributed by atoms with Crippen LogP contribution in [-0.4, -0.2) is 71.0 Å². The highest BCUT2D eigenvalue weighted by Gasteiger charge is 2.24. The standard InChI is InChI=1S/C19H32N4O2/c1-20-19(22-11-6-10-21-18-7-4-3-5-8-18)23-12-9-17(15-23)16-25-14-13-24-2/h3-5,7-8,17,21H,6,9-16H2,1-2H3,(H,20,22). The fourth-order valence-electron chi connectivity index (χ4n) is 2.96. The van der Waals surface area contributed by atoms with Crippen LogP contribution in [0.3, 0.4) is 0 Å². The van der Waals surface area contributed by atoms with Gasteiger partial charge in [0.15, 0.2) is 5.96 Å². The summed E-state index contributed by atoms with van der Waals surface area (Å²) in [7, 11) is 3.55. The van der Waals surface area contributed by atoms with Gasteiger partial charge >= 0.3 is 0 Å². The Morgan fingerprint density at radius 3 is 2.84 bits per heavy atom. The number of ether oxygens (including phenoxy) is 2. The van der Waals surface area contributed by atoms with E-state index in [1.807, 2.05) is 25.2 Å². The number of rotatable bonds is 10. The molecule has 1 aliphatic rings. The quantitative estimate of drug-likeness (QED) is 0.385. The molecule has 1 aromatic carbocycles. The van der Waals surface area contributed by atoms with Crippen LogP contribution in [0, 0.1) is 5.92 Å². The molecule has 1 atom stereocenters. The topological polar surface area (TPSA) is 58.1 Å². The molecule has 0 bridgehead atoms. The Morgan fingerprint density at radius 1 is 1.24 bits per heavy atom. The van der Waals surface area contributed by atoms with Crippen LogP contribution in [-0.2, 0) is 9.47 Å². The molecule has 1 aliphatic heterocycles. The van der Waals surface area contributed by atoms with E-state index < -0.39 is 0 Å². The molecule has 25 heavy (non-hydrogen) atoms. The first-order valence-corrected chi connectivity index (χ1v) is 9.14. The van der Waals surface area contributed by atoms with Gasteiger partial charge in [-0.05, 0) is 25.0 Å². The average molecular weight is 348 g/mol. The number of para-hydroxylation sites is 1. The summed E-state index contributed by atoms with van der Waals surface area (Å²) in [5.74, 6) is 1.58. The van der Waals surface area contributed by atoms with E-state index in [0.717, 1.165) is 51.6 Å². The van der Waals surface area contributed by atoms with Gasteiger partial charge in [0.25, 0.3) is 0 Å². The maximum Gasteiger partial charge on any atom is 0.193 e. The molecule has 1 heterocycles. The monoisotopic (exact) mass is 348 g/mol. The van der Waals surface area contributed by atoms with Crippen LogP contribution in [0.4, 0.5) is 5.69 Å². The normalized spacial score (nSPS) is 17.8. The van der Waals surface area contributed by atoms with Gasteiger partial charge in [0.2, 0.25) is 0 Å². The zero-order chi connectivity index (χ0) is 17.7. The number of anilines is 1. The lowest BCUT2D eigenvalue weighted by Gasteiger charge is -2.22. The molecule has 1 saturated heterocycles. The molecule has 0 spiro atoms. The van der Waals surface area contributed by atoms with Crippen LogP contribution in [0.5, 0.6) is 0 Å². The Labute approximate surface area is 151 Å². The third-order valence-electron chi connectivity index (χ3n) is 4.32. The van der Waals surface area contributed by atoms with Crippen molar-refractivity contribution in [2.75, 3.05) is 65.5 Å². The number of likely N-dealkylation sites (tertiary alicyclic amines) is 1. The molecule has 140 valence electrons. The van der Waals surface area contributed by atoms with Gasteiger partial charge in [0.05, 0.1) is 19.8 Å². The smallest absolute Gasteiger partial charge is 0.193 e. The summed E-state index contributed by atoms with van der Waals surface area (Å²) in [6.45, 7) is 6.06. The van der Waals surface area contributed by atoms with E-state index in [2.05, 4.69) is 32.7 Å². The molecule has 2 rings (SSSR count). The predicted molar refractivity (Wildman–Crippen MR) is 103 cm³/mol. The summed E-state index contributed by atoms with van der Waals surface area (Å²) >= 11 is 0. The van der Waals surface area contributed by atoms with Crippen LogP contribution in [0.2, 0.25) is 0 Å². The molecule has 1 aromatic rings. The second-order valence-electron chi connectivity index (χ2n) is 6.29. The third kappa shape index (κ3) is 7.32. The van der Waals surface area contributed by atoms with Crippen LogP contribution in [0.25, 0.3) is 0 Å². The molecule has 1 unspecified atom stereocenters. The van der Waals surface area contributed by atoms with Gasteiger partial charge in [0, 0.05) is 51.9 Å². The fraction of sp³-hybridized carbons (Fsp3) is 0.632. The molecule has 0 amide bonds. The third-order valence-corrected chi connectivity index (χ3v) is 4.32. The van der Waals surface area contributed by atoms with E-state index in [1.54, 1.807) is 7.11 Å². The second-order valence-corrected chi connectivity index (χ2v) is 6.29. The average Bonchev–Trinajstić information content (AvgIpc) is 3.11. The molecule has 0 aromatic heterocycles. The number of benzene rings is 1. The maximum atomic E-state index is 5.65. The van der Waals surface area contributed by atoms with E-state index in [9.17, 15) is 0 Å². The van der Waals surface area contributed by atoms with E-state index >= 15 is 0 Å². The van der Waals surface area contributed by atoms with Crippen LogP contribution >= 0.6 is 0 Å². The van der Waals surface area contributed by atoms with Gasteiger partial charge in [-0.1, -0.05) is 18.2 Å². The van der Waals surface area contributed by atoms with Crippen LogP contribution in [0.1, 0.15) is 12.8 Å². The Hall–Kier alpha value is -1.79. The Kier molecular flexibility index (Phi) is 9.15. The molecule has 6 heteroatoms. The van der Waals surface area contributed by atoms with Crippen LogP contribution < -0.4 is 10.6 Å². The lowest BCUT2D eigenvalue weighted by atomic mass is 10.1. The lowest BCUT2D eigenvalue weighted by Crippen LogP contribution is -2.41. The van der Waals surface area contributed by atoms with Crippen molar-refractivity contribution in [1.82, 2.24) is 10.2 Å². The molecule has 2 N–H and O–H groups in total. The number of hydrogen-bond acceptors (Lipinski definition) is 4. The van der Waals surface area contributed by atoms with Crippen molar-refractivity contribution in [2.24, 2.45) is 10.9 Å². The Morgan fingerprint density at radius 2 is 2.08 bits per heavy atom. The number of guanidine groups is 1. The van der Waals surface area contributed by atoms with Gasteiger partial charge in [-0.3, -0.25) is 4.99 Å². The van der Waals surface area contributed by atoms with Gasteiger partial charge in [-0.2, -0.15) is 0 Å². The molecule has 0 aliphatic carbocycles. The lowest BCUT2D eigenvalue weighted by molar-refractivity contribution is 0.0536. The van der Waals surface area contributed by atoms with E-state index in [1.165, 1.54) is 5.69 Å². The zero-order valence-corrected chi connectivity index (χ0v) is 15.5. The minimum atomic E-state index is 0.579. The van der Waals surface area contributed by atoms with E-state index in [4.69, 9.17) is 9.47 Å². The highest BCUT2D eigenvalue weighted by molar-refractivity contribution is 5.80. The van der Waals surface area contributed by atoms with Crippen molar-refractivity contribution in [3.8, 4) is 0 Å². The first-order valence-electron chi connectivity index (χ1n) is 9.14. The summed E-state index contributed by atoms with van der Waals surface area (Å²) in [6, 6.07) is 10.3. The molecule has 0 radical (unpaired) electrons. The molecule has 1 fully saturated rings. The van der Waals surface area contributed by atoms with Gasteiger partial charge in [0.1, 0.15) is 0 Å². The molecular formula is C19H32N4O2. The van der Waals surface area contributed by atoms with Crippen molar-refractivity contribution >= 4 is 11.6 Å². The highest BCUT2D eigenvalue weighted by atomic mass is 16.5. The van der Waals surface area contributed by atoms with Crippen molar-refractivity contribution in [1.29, 1.82) is 0 Å². The SMILES string of the molecule is CN=C(NCCCNc1ccccc1)N1CCC(COCCOC)C1. The summed E-state index contributed by atoms with van der Waals surface area (Å²) in [5.41, 5.74) is 1.17. The van der Waals surface area contributed by atoms with E-state index in [0.29, 0.717) is 19.1 Å². The number of nitrogens with zero attached hydrogens (tertiary/aromatic N) is 2. The van der Waals surface area contributed by atoms with Gasteiger partial charge in [-0.25, -0.2) is 0 Å². The molecular weight excluding hydrogens is 316 g/mol. The maximum absolute atomic E-state index is 5.65. The summed E-state index contributed by atoms with van der Waals surface area (Å²) in [6.07, 6.45) is 2.20. The first kappa shape index (κ1) is 19.5. The summed E-state index contributed by atoms with van der Waals surface area (Å²) < 4.78 is 10.7. The van der Waals surface area contributed by atoms with Crippen molar-refractivity contribution < 1.29 is 9.47 Å². The number of hydrogen-bond donors (Lipinski definition) is 2. The van der Waals surface area contributed by atoms with Gasteiger partial charge < -0.3 is 25.0 Å². The Balaban J connectivity index is 1.59. The fourth-order valence-corrected chi connectivity index (χ4v) is 2.96. The van der Waals surface area contributed by atoms with Gasteiger partial charge in [-0.15, -0.1) is 0 Å². The second kappa shape index (κ2) is 11.7. The van der Waals surface area contributed by atoms with Crippen molar-refractivity contribution in [3.63, 3.8) is 0 Å². The number of methoxy groups -OCH3 is 1. The predicted octanol–water partition coefficient (Wildman–Crippen LogP) is 2.05. The summed E-state index contributed by atoms with van der Waals surface area (Å²) in [5, 5.41) is 6.90. The number of nitrogens with one attached hydrogen (secondary N) is 2. The Bertz CT molecular complexity index is 495. The van der Waals surface area contributed by atoms with Crippen LogP contribution in [0.15, 0.2) is 35.3 Å². The minimum Gasteiger partial charge on any atom is -0.385 e. The largest absolute Gasteiger partial charge is 0.385 e. The van der Waals surface area contributed by atoms with E-state index in [-0.39, 0.29) is 0 Å². The molecule has 0 saturated carbocycles. The summed E-state index contributed by atoms with van der Waals surface area (Å²) in [4.78, 5) is 6.75. The molecule has 6 nitrogen and oxygen atoms in total. The van der Waals surface area contributed by atoms with Crippen molar-refractivity contribution in [2.45, 2.75) is 12.8 Å². The number of aliphatic imine (C=N–C) groups is 1. The zero-order valence-electron chi connectivity index (χ0n) is 15.5. The highest BCUT2D eigenvalue weighted by Crippen LogP contribution is 2.16. The van der Waals surface area contributed by atoms with Crippen molar-refractivity contribution in [3.05, 3.63) is 30.3 Å². The first-order chi connectivity index (χ1) is 12.3.